The lowest BCUT2D eigenvalue weighted by Crippen LogP contribution is -2.22. The highest BCUT2D eigenvalue weighted by Gasteiger charge is 2.17. The van der Waals surface area contributed by atoms with Gasteiger partial charge in [0.1, 0.15) is 0 Å². The maximum atomic E-state index is 4.22. The topological polar surface area (TPSA) is 24.9 Å². The van der Waals surface area contributed by atoms with Crippen molar-refractivity contribution in [2.24, 2.45) is 0 Å². The molecule has 0 spiro atoms. The smallest absolute Gasteiger partial charge is 0.0688 e. The van der Waals surface area contributed by atoms with E-state index in [1.807, 2.05) is 29.8 Å². The molecule has 90 valence electrons. The molecule has 0 saturated carbocycles. The third kappa shape index (κ3) is 2.73. The molecule has 0 aliphatic carbocycles. The van der Waals surface area contributed by atoms with Crippen molar-refractivity contribution in [1.29, 1.82) is 0 Å². The number of pyridine rings is 1. The van der Waals surface area contributed by atoms with E-state index in [9.17, 15) is 0 Å². The van der Waals surface area contributed by atoms with Crippen LogP contribution in [0.1, 0.15) is 35.9 Å². The Hall–Kier alpha value is -1.19. The van der Waals surface area contributed by atoms with Crippen molar-refractivity contribution in [3.05, 3.63) is 52.0 Å². The first-order valence-corrected chi connectivity index (χ1v) is 6.94. The molecule has 1 unspecified atom stereocenters. The fourth-order valence-electron chi connectivity index (χ4n) is 2.01. The van der Waals surface area contributed by atoms with E-state index in [-0.39, 0.29) is 6.04 Å². The zero-order chi connectivity index (χ0) is 12.1. The van der Waals surface area contributed by atoms with E-state index < -0.39 is 0 Å². The highest BCUT2D eigenvalue weighted by Crippen LogP contribution is 2.29. The van der Waals surface area contributed by atoms with Crippen LogP contribution >= 0.6 is 11.3 Å². The Bertz CT molecular complexity index is 450. The Morgan fingerprint density at radius 3 is 2.88 bits per heavy atom. The highest BCUT2D eigenvalue weighted by atomic mass is 32.1. The monoisotopic (exact) mass is 246 g/mol. The van der Waals surface area contributed by atoms with E-state index in [2.05, 4.69) is 41.7 Å². The van der Waals surface area contributed by atoms with Gasteiger partial charge in [0.05, 0.1) is 6.04 Å². The van der Waals surface area contributed by atoms with Crippen LogP contribution in [-0.4, -0.2) is 11.5 Å². The molecule has 0 radical (unpaired) electrons. The van der Waals surface area contributed by atoms with Gasteiger partial charge in [0.15, 0.2) is 0 Å². The van der Waals surface area contributed by atoms with E-state index in [0.29, 0.717) is 0 Å². The zero-order valence-corrected chi connectivity index (χ0v) is 11.1. The number of thiophene rings is 1. The molecule has 2 aromatic rings. The Labute approximate surface area is 107 Å². The van der Waals surface area contributed by atoms with Crippen molar-refractivity contribution in [3.63, 3.8) is 0 Å². The van der Waals surface area contributed by atoms with E-state index in [1.165, 1.54) is 16.0 Å². The molecule has 1 N–H and O–H groups in total. The van der Waals surface area contributed by atoms with Gasteiger partial charge >= 0.3 is 0 Å². The van der Waals surface area contributed by atoms with E-state index in [0.717, 1.165) is 13.0 Å². The Kier molecular flexibility index (Phi) is 4.29. The van der Waals surface area contributed by atoms with Gasteiger partial charge in [-0.15, -0.1) is 11.3 Å². The van der Waals surface area contributed by atoms with Gasteiger partial charge in [-0.3, -0.25) is 4.98 Å². The van der Waals surface area contributed by atoms with Crippen molar-refractivity contribution in [1.82, 2.24) is 10.3 Å². The van der Waals surface area contributed by atoms with Gasteiger partial charge in [-0.2, -0.15) is 0 Å². The quantitative estimate of drug-likeness (QED) is 0.874. The van der Waals surface area contributed by atoms with Gasteiger partial charge in [-0.1, -0.05) is 19.9 Å². The first kappa shape index (κ1) is 12.3. The summed E-state index contributed by atoms with van der Waals surface area (Å²) in [7, 11) is 0. The first-order chi connectivity index (χ1) is 8.36. The Morgan fingerprint density at radius 1 is 1.35 bits per heavy atom. The predicted molar refractivity (Wildman–Crippen MR) is 73.5 cm³/mol. The minimum Gasteiger partial charge on any atom is -0.306 e. The molecule has 2 aromatic heterocycles. The van der Waals surface area contributed by atoms with Gasteiger partial charge in [0, 0.05) is 17.3 Å². The van der Waals surface area contributed by atoms with Crippen LogP contribution in [0.25, 0.3) is 0 Å². The average Bonchev–Trinajstić information content (AvgIpc) is 2.85. The molecule has 0 saturated heterocycles. The van der Waals surface area contributed by atoms with Crippen LogP contribution in [0.2, 0.25) is 0 Å². The molecule has 0 bridgehead atoms. The number of hydrogen-bond acceptors (Lipinski definition) is 3. The van der Waals surface area contributed by atoms with Crippen LogP contribution in [0.15, 0.2) is 36.0 Å². The molecule has 2 rings (SSSR count). The second-order valence-corrected chi connectivity index (χ2v) is 4.89. The number of nitrogens with one attached hydrogen (secondary N) is 1. The van der Waals surface area contributed by atoms with Crippen LogP contribution in [0.3, 0.4) is 0 Å². The maximum Gasteiger partial charge on any atom is 0.0688 e. The van der Waals surface area contributed by atoms with Gasteiger partial charge in [-0.05, 0) is 41.6 Å². The molecule has 0 aromatic carbocycles. The molecule has 1 atom stereocenters. The average molecular weight is 246 g/mol. The second-order valence-electron chi connectivity index (χ2n) is 3.94. The van der Waals surface area contributed by atoms with Crippen LogP contribution in [0.5, 0.6) is 0 Å². The SMILES string of the molecule is CCNC(c1cccnc1)c1sccc1CC. The van der Waals surface area contributed by atoms with Crippen LogP contribution in [0, 0.1) is 0 Å². The van der Waals surface area contributed by atoms with Crippen molar-refractivity contribution < 1.29 is 0 Å². The fraction of sp³-hybridized carbons (Fsp3) is 0.357. The number of rotatable bonds is 5. The number of hydrogen-bond donors (Lipinski definition) is 1. The largest absolute Gasteiger partial charge is 0.306 e. The second kappa shape index (κ2) is 5.94. The van der Waals surface area contributed by atoms with Crippen molar-refractivity contribution in [2.45, 2.75) is 26.3 Å². The summed E-state index contributed by atoms with van der Waals surface area (Å²) in [4.78, 5) is 5.64. The number of aryl methyl sites for hydroxylation is 1. The van der Waals surface area contributed by atoms with E-state index >= 15 is 0 Å². The standard InChI is InChI=1S/C14H18N2S/c1-3-11-7-9-17-14(11)13(16-4-2)12-6-5-8-15-10-12/h5-10,13,16H,3-4H2,1-2H3. The zero-order valence-electron chi connectivity index (χ0n) is 10.3. The molecular formula is C14H18N2S. The minimum absolute atomic E-state index is 0.281. The summed E-state index contributed by atoms with van der Waals surface area (Å²) < 4.78 is 0. The molecule has 3 heteroatoms. The lowest BCUT2D eigenvalue weighted by molar-refractivity contribution is 0.633. The molecule has 0 amide bonds. The molecule has 0 aliphatic heterocycles. The fourth-order valence-corrected chi connectivity index (χ4v) is 3.10. The first-order valence-electron chi connectivity index (χ1n) is 6.06. The highest BCUT2D eigenvalue weighted by molar-refractivity contribution is 7.10. The Balaban J connectivity index is 2.36. The Morgan fingerprint density at radius 2 is 2.24 bits per heavy atom. The molecule has 2 heterocycles. The summed E-state index contributed by atoms with van der Waals surface area (Å²) in [6.45, 7) is 5.31. The van der Waals surface area contributed by atoms with Gasteiger partial charge in [-0.25, -0.2) is 0 Å². The summed E-state index contributed by atoms with van der Waals surface area (Å²) in [6.07, 6.45) is 4.86. The van der Waals surface area contributed by atoms with E-state index in [4.69, 9.17) is 0 Å². The van der Waals surface area contributed by atoms with E-state index in [1.54, 1.807) is 0 Å². The van der Waals surface area contributed by atoms with Crippen molar-refractivity contribution >= 4 is 11.3 Å². The third-order valence-corrected chi connectivity index (χ3v) is 3.87. The number of aromatic nitrogens is 1. The van der Waals surface area contributed by atoms with Gasteiger partial charge in [0.2, 0.25) is 0 Å². The molecule has 0 fully saturated rings. The maximum absolute atomic E-state index is 4.22. The lowest BCUT2D eigenvalue weighted by atomic mass is 10.0. The van der Waals surface area contributed by atoms with Crippen molar-refractivity contribution in [3.8, 4) is 0 Å². The summed E-state index contributed by atoms with van der Waals surface area (Å²) in [5.74, 6) is 0. The van der Waals surface area contributed by atoms with Crippen molar-refractivity contribution in [2.75, 3.05) is 6.54 Å². The molecular weight excluding hydrogens is 228 g/mol. The lowest BCUT2D eigenvalue weighted by Gasteiger charge is -2.18. The van der Waals surface area contributed by atoms with Gasteiger partial charge in [0.25, 0.3) is 0 Å². The van der Waals surface area contributed by atoms with Gasteiger partial charge < -0.3 is 5.32 Å². The molecule has 2 nitrogen and oxygen atoms in total. The summed E-state index contributed by atoms with van der Waals surface area (Å²) >= 11 is 1.83. The minimum atomic E-state index is 0.281. The summed E-state index contributed by atoms with van der Waals surface area (Å²) in [6, 6.07) is 6.64. The van der Waals surface area contributed by atoms with Crippen LogP contribution in [0.4, 0.5) is 0 Å². The summed E-state index contributed by atoms with van der Waals surface area (Å²) in [5.41, 5.74) is 2.68. The summed E-state index contributed by atoms with van der Waals surface area (Å²) in [5, 5.41) is 5.72. The molecule has 17 heavy (non-hydrogen) atoms. The third-order valence-electron chi connectivity index (χ3n) is 2.85. The molecule has 0 aliphatic rings. The van der Waals surface area contributed by atoms with Crippen LogP contribution < -0.4 is 5.32 Å². The van der Waals surface area contributed by atoms with Crippen LogP contribution in [-0.2, 0) is 6.42 Å². The number of nitrogens with zero attached hydrogens (tertiary/aromatic N) is 1. The predicted octanol–water partition coefficient (Wildman–Crippen LogP) is 3.40. The normalized spacial score (nSPS) is 12.6.